The topological polar surface area (TPSA) is 132 Å². The predicted octanol–water partition coefficient (Wildman–Crippen LogP) is 5.66. The molecule has 0 saturated heterocycles. The van der Waals surface area contributed by atoms with Crippen LogP contribution in [0.25, 0.3) is 6.08 Å². The van der Waals surface area contributed by atoms with Gasteiger partial charge in [0, 0.05) is 26.4 Å². The highest BCUT2D eigenvalue weighted by Crippen LogP contribution is 2.39. The molecule has 0 radical (unpaired) electrons. The molecular formula is C27H40FN5O3. The number of amides is 2. The van der Waals surface area contributed by atoms with E-state index in [1.165, 1.54) is 18.2 Å². The summed E-state index contributed by atoms with van der Waals surface area (Å²) in [7, 11) is 0. The molecule has 3 atom stereocenters. The van der Waals surface area contributed by atoms with Gasteiger partial charge in [-0.2, -0.15) is 0 Å². The zero-order valence-corrected chi connectivity index (χ0v) is 21.5. The van der Waals surface area contributed by atoms with Gasteiger partial charge in [0.25, 0.3) is 5.91 Å². The summed E-state index contributed by atoms with van der Waals surface area (Å²) in [6.45, 7) is 9.24. The third-order valence-corrected chi connectivity index (χ3v) is 6.06. The number of carbonyl (C=O) groups excluding carboxylic acids is 2. The van der Waals surface area contributed by atoms with Crippen molar-refractivity contribution < 1.29 is 21.6 Å². The Morgan fingerprint density at radius 2 is 1.94 bits per heavy atom. The van der Waals surface area contributed by atoms with E-state index in [1.54, 1.807) is 19.3 Å². The van der Waals surface area contributed by atoms with Crippen LogP contribution in [0.2, 0.25) is 0 Å². The first-order chi connectivity index (χ1) is 16.8. The Labute approximate surface area is 214 Å². The van der Waals surface area contributed by atoms with Crippen molar-refractivity contribution >= 4 is 29.5 Å². The van der Waals surface area contributed by atoms with Crippen molar-refractivity contribution in [3.8, 4) is 0 Å². The molecule has 1 aliphatic rings. The van der Waals surface area contributed by atoms with Gasteiger partial charge >= 0.3 is 6.09 Å². The summed E-state index contributed by atoms with van der Waals surface area (Å²) in [6, 6.07) is 4.36. The normalized spacial score (nSPS) is 20.5. The lowest BCUT2D eigenvalue weighted by Gasteiger charge is -2.35. The van der Waals surface area contributed by atoms with Gasteiger partial charge in [0.15, 0.2) is 0 Å². The van der Waals surface area contributed by atoms with E-state index in [9.17, 15) is 14.0 Å². The first kappa shape index (κ1) is 27.0. The van der Waals surface area contributed by atoms with Crippen LogP contribution in [-0.2, 0) is 4.74 Å². The van der Waals surface area contributed by atoms with Crippen molar-refractivity contribution in [2.75, 3.05) is 11.1 Å². The number of hydrogen-bond acceptors (Lipinski definition) is 6. The summed E-state index contributed by atoms with van der Waals surface area (Å²) in [5, 5.41) is 5.89. The molecule has 3 rings (SSSR count). The zero-order valence-electron chi connectivity index (χ0n) is 21.5. The SMILES string of the molecule is C/C(N)=C/c1c(F)ccc(C(=O)Nc2cnccc2[C@@H]2C[C@H](C)C[C@H](NC(=O)OC(C)(C)C)C2)c1N.[HH].[HH]. The molecule has 0 spiro atoms. The fourth-order valence-corrected chi connectivity index (χ4v) is 4.69. The van der Waals surface area contributed by atoms with Crippen LogP contribution in [0, 0.1) is 11.7 Å². The summed E-state index contributed by atoms with van der Waals surface area (Å²) in [5.41, 5.74) is 13.3. The number of halogens is 1. The van der Waals surface area contributed by atoms with E-state index < -0.39 is 23.4 Å². The first-order valence-corrected chi connectivity index (χ1v) is 12.1. The molecule has 0 aliphatic heterocycles. The van der Waals surface area contributed by atoms with Crippen LogP contribution >= 0.6 is 0 Å². The van der Waals surface area contributed by atoms with Crippen molar-refractivity contribution in [2.24, 2.45) is 11.7 Å². The molecule has 1 heterocycles. The molecule has 1 fully saturated rings. The lowest BCUT2D eigenvalue weighted by molar-refractivity contribution is 0.0482. The summed E-state index contributed by atoms with van der Waals surface area (Å²) < 4.78 is 19.7. The van der Waals surface area contributed by atoms with Crippen molar-refractivity contribution in [3.05, 3.63) is 58.8 Å². The zero-order chi connectivity index (χ0) is 26.6. The van der Waals surface area contributed by atoms with Crippen LogP contribution in [0.4, 0.5) is 20.6 Å². The number of benzene rings is 1. The molecule has 36 heavy (non-hydrogen) atoms. The Balaban J connectivity index is 0.00000361. The average molecular weight is 502 g/mol. The van der Waals surface area contributed by atoms with E-state index in [2.05, 4.69) is 22.5 Å². The highest BCUT2D eigenvalue weighted by atomic mass is 19.1. The fourth-order valence-electron chi connectivity index (χ4n) is 4.69. The van der Waals surface area contributed by atoms with E-state index >= 15 is 0 Å². The molecule has 9 heteroatoms. The highest BCUT2D eigenvalue weighted by molar-refractivity contribution is 6.09. The maximum absolute atomic E-state index is 14.3. The minimum absolute atomic E-state index is 0. The number of pyridine rings is 1. The smallest absolute Gasteiger partial charge is 0.407 e. The Hall–Kier alpha value is -3.62. The number of nitrogens with one attached hydrogen (secondary N) is 2. The molecular weight excluding hydrogens is 461 g/mol. The van der Waals surface area contributed by atoms with Gasteiger partial charge in [0.05, 0.1) is 23.1 Å². The first-order valence-electron chi connectivity index (χ1n) is 12.1. The third kappa shape index (κ3) is 6.96. The predicted molar refractivity (Wildman–Crippen MR) is 144 cm³/mol. The van der Waals surface area contributed by atoms with Crippen LogP contribution in [-0.4, -0.2) is 28.6 Å². The third-order valence-electron chi connectivity index (χ3n) is 6.06. The number of nitrogen functional groups attached to an aromatic ring is 1. The van der Waals surface area contributed by atoms with Gasteiger partial charge in [0.2, 0.25) is 0 Å². The van der Waals surface area contributed by atoms with Gasteiger partial charge in [0.1, 0.15) is 11.4 Å². The molecule has 6 N–H and O–H groups in total. The molecule has 198 valence electrons. The molecule has 2 aromatic rings. The minimum atomic E-state index is -0.576. The molecule has 2 amide bonds. The van der Waals surface area contributed by atoms with Crippen LogP contribution in [0.1, 0.15) is 84.1 Å². The maximum atomic E-state index is 14.3. The molecule has 0 bridgehead atoms. The number of nitrogens with zero attached hydrogens (tertiary/aromatic N) is 1. The van der Waals surface area contributed by atoms with E-state index in [0.717, 1.165) is 18.4 Å². The average Bonchev–Trinajstić information content (AvgIpc) is 2.75. The standard InChI is InChI=1S/C27H36FN5O3.2H2/c1-15-10-17(13-18(11-15)32-26(35)36-27(3,4)5)19-8-9-31-14-23(19)33-25(34)20-6-7-22(28)21(24(20)30)12-16(2)29;;/h6-9,12,14-15,17-18H,10-11,13,29-30H2,1-5H3,(H,32,35)(H,33,34);2*1H/b16-12-;;/t15-,17+,18-;;/m0../s1. The van der Waals surface area contributed by atoms with Crippen LogP contribution in [0.3, 0.4) is 0 Å². The van der Waals surface area contributed by atoms with Crippen LogP contribution in [0.5, 0.6) is 0 Å². The monoisotopic (exact) mass is 501 g/mol. The molecule has 1 aromatic carbocycles. The second kappa shape index (κ2) is 11.0. The molecule has 1 aliphatic carbocycles. The number of allylic oxidation sites excluding steroid dienone is 1. The van der Waals surface area contributed by atoms with Gasteiger partial charge in [-0.15, -0.1) is 0 Å². The second-order valence-electron chi connectivity index (χ2n) is 10.6. The summed E-state index contributed by atoms with van der Waals surface area (Å²) in [5.74, 6) is -0.605. The van der Waals surface area contributed by atoms with Crippen LogP contribution < -0.4 is 22.1 Å². The molecule has 0 unspecified atom stereocenters. The van der Waals surface area contributed by atoms with Crippen molar-refractivity contribution in [1.82, 2.24) is 10.3 Å². The molecule has 8 nitrogen and oxygen atoms in total. The van der Waals surface area contributed by atoms with Gasteiger partial charge in [-0.1, -0.05) is 6.92 Å². The van der Waals surface area contributed by atoms with Crippen LogP contribution in [0.15, 0.2) is 36.3 Å². The number of alkyl carbamates (subject to hydrolysis) is 1. The fraction of sp³-hybridized carbons (Fsp3) is 0.444. The maximum Gasteiger partial charge on any atom is 0.407 e. The van der Waals surface area contributed by atoms with Gasteiger partial charge in [-0.3, -0.25) is 9.78 Å². The molecule has 1 aromatic heterocycles. The largest absolute Gasteiger partial charge is 0.444 e. The minimum Gasteiger partial charge on any atom is -0.444 e. The second-order valence-corrected chi connectivity index (χ2v) is 10.6. The number of rotatable bonds is 5. The van der Waals surface area contributed by atoms with E-state index in [4.69, 9.17) is 16.2 Å². The van der Waals surface area contributed by atoms with Crippen molar-refractivity contribution in [2.45, 2.75) is 71.4 Å². The van der Waals surface area contributed by atoms with E-state index in [0.29, 0.717) is 23.7 Å². The quantitative estimate of drug-likeness (QED) is 0.391. The number of anilines is 2. The highest BCUT2D eigenvalue weighted by Gasteiger charge is 2.31. The van der Waals surface area contributed by atoms with Gasteiger partial charge in [-0.05, 0) is 88.6 Å². The van der Waals surface area contributed by atoms with Crippen molar-refractivity contribution in [3.63, 3.8) is 0 Å². The summed E-state index contributed by atoms with van der Waals surface area (Å²) >= 11 is 0. The van der Waals surface area contributed by atoms with E-state index in [-0.39, 0.29) is 31.6 Å². The van der Waals surface area contributed by atoms with Gasteiger partial charge in [-0.25, -0.2) is 9.18 Å². The Morgan fingerprint density at radius 3 is 2.61 bits per heavy atom. The Kier molecular flexibility index (Phi) is 8.22. The number of ether oxygens (including phenoxy) is 1. The molecule has 1 saturated carbocycles. The summed E-state index contributed by atoms with van der Waals surface area (Å²) in [4.78, 5) is 29.7. The number of hydrogen-bond donors (Lipinski definition) is 4. The van der Waals surface area contributed by atoms with Crippen molar-refractivity contribution in [1.29, 1.82) is 0 Å². The number of carbonyl (C=O) groups is 2. The summed E-state index contributed by atoms with van der Waals surface area (Å²) in [6.07, 6.45) is 6.66. The lowest BCUT2D eigenvalue weighted by atomic mass is 9.76. The van der Waals surface area contributed by atoms with Gasteiger partial charge < -0.3 is 26.8 Å². The van der Waals surface area contributed by atoms with E-state index in [1.807, 2.05) is 26.8 Å². The number of nitrogens with two attached hydrogens (primary N) is 2. The Morgan fingerprint density at radius 1 is 1.22 bits per heavy atom. The Bertz CT molecular complexity index is 1170. The number of aromatic nitrogens is 1. The lowest BCUT2D eigenvalue weighted by Crippen LogP contribution is -2.42.